The summed E-state index contributed by atoms with van der Waals surface area (Å²) in [6.07, 6.45) is 1.38. The molecule has 0 aliphatic carbocycles. The molecule has 0 spiro atoms. The molecule has 7 nitrogen and oxygen atoms in total. The molecule has 0 aromatic carbocycles. The number of hydrogen-bond donors (Lipinski definition) is 1. The summed E-state index contributed by atoms with van der Waals surface area (Å²) in [6, 6.07) is 1.71. The summed E-state index contributed by atoms with van der Waals surface area (Å²) in [6.45, 7) is 1.64. The van der Waals surface area contributed by atoms with Crippen LogP contribution in [0.3, 0.4) is 0 Å². The van der Waals surface area contributed by atoms with E-state index in [1.807, 2.05) is 0 Å². The van der Waals surface area contributed by atoms with Crippen LogP contribution in [-0.4, -0.2) is 24.8 Å². The van der Waals surface area contributed by atoms with Gasteiger partial charge in [-0.15, -0.1) is 11.3 Å². The first-order chi connectivity index (χ1) is 9.63. The molecule has 0 aliphatic heterocycles. The molecule has 0 saturated carbocycles. The Bertz CT molecular complexity index is 835. The summed E-state index contributed by atoms with van der Waals surface area (Å²) in [7, 11) is 0. The number of amides is 1. The first-order valence-electron chi connectivity index (χ1n) is 5.66. The number of aromatic nitrogens is 4. The number of nitrogens with zero attached hydrogens (tertiary/aromatic N) is 4. The Labute approximate surface area is 121 Å². The van der Waals surface area contributed by atoms with Gasteiger partial charge in [0.15, 0.2) is 0 Å². The first kappa shape index (κ1) is 12.9. The molecule has 0 unspecified atom stereocenters. The smallest absolute Gasteiger partial charge is 0.262 e. The molecule has 0 bridgehead atoms. The van der Waals surface area contributed by atoms with E-state index in [-0.39, 0.29) is 18.0 Å². The van der Waals surface area contributed by atoms with Crippen LogP contribution in [0.25, 0.3) is 10.2 Å². The number of thiophene rings is 1. The number of fused-ring (bicyclic) bond motifs is 1. The minimum atomic E-state index is -0.334. The number of anilines is 1. The molecular formula is C11H9N5O2S2. The van der Waals surface area contributed by atoms with E-state index in [1.165, 1.54) is 22.2 Å². The Hall–Kier alpha value is -2.13. The zero-order chi connectivity index (χ0) is 14.1. The van der Waals surface area contributed by atoms with Gasteiger partial charge >= 0.3 is 0 Å². The fraction of sp³-hybridized carbons (Fsp3) is 0.182. The standard InChI is InChI=1S/C11H9N5O2S2/c1-6-13-11(20-15-6)14-8(17)4-16-5-12-9-7(10(16)18)2-3-19-9/h2-3,5H,4H2,1H3,(H,13,14,15,17). The van der Waals surface area contributed by atoms with Crippen LogP contribution in [0.2, 0.25) is 0 Å². The summed E-state index contributed by atoms with van der Waals surface area (Å²) in [4.78, 5) is 32.8. The lowest BCUT2D eigenvalue weighted by atomic mass is 10.4. The SMILES string of the molecule is Cc1nsc(NC(=O)Cn2cnc3sccc3c2=O)n1. The van der Waals surface area contributed by atoms with E-state index in [1.54, 1.807) is 18.4 Å². The van der Waals surface area contributed by atoms with Gasteiger partial charge in [-0.2, -0.15) is 4.37 Å². The van der Waals surface area contributed by atoms with Crippen LogP contribution in [0.4, 0.5) is 5.13 Å². The normalized spacial score (nSPS) is 10.8. The van der Waals surface area contributed by atoms with Gasteiger partial charge in [-0.3, -0.25) is 19.5 Å². The number of carbonyl (C=O) groups excluding carboxylic acids is 1. The average Bonchev–Trinajstić information content (AvgIpc) is 3.02. The highest BCUT2D eigenvalue weighted by atomic mass is 32.1. The third-order valence-electron chi connectivity index (χ3n) is 2.54. The highest BCUT2D eigenvalue weighted by Gasteiger charge is 2.10. The summed E-state index contributed by atoms with van der Waals surface area (Å²) in [5.74, 6) is 0.267. The summed E-state index contributed by atoms with van der Waals surface area (Å²) in [5.41, 5.74) is -0.222. The molecule has 3 rings (SSSR count). The highest BCUT2D eigenvalue weighted by molar-refractivity contribution is 7.16. The Kier molecular flexibility index (Phi) is 3.28. The zero-order valence-electron chi connectivity index (χ0n) is 10.4. The molecule has 3 aromatic rings. The van der Waals surface area contributed by atoms with Crippen molar-refractivity contribution in [3.8, 4) is 0 Å². The van der Waals surface area contributed by atoms with Gasteiger partial charge in [0.25, 0.3) is 5.56 Å². The Morgan fingerprint density at radius 1 is 1.50 bits per heavy atom. The number of carbonyl (C=O) groups is 1. The second kappa shape index (κ2) is 5.10. The van der Waals surface area contributed by atoms with Gasteiger partial charge < -0.3 is 0 Å². The second-order valence-corrected chi connectivity index (χ2v) is 5.66. The lowest BCUT2D eigenvalue weighted by Crippen LogP contribution is -2.27. The molecule has 0 radical (unpaired) electrons. The van der Waals surface area contributed by atoms with Crippen LogP contribution in [0.15, 0.2) is 22.6 Å². The summed E-state index contributed by atoms with van der Waals surface area (Å²) < 4.78 is 5.24. The van der Waals surface area contributed by atoms with Gasteiger partial charge in [-0.25, -0.2) is 9.97 Å². The van der Waals surface area contributed by atoms with E-state index in [4.69, 9.17) is 0 Å². The molecule has 20 heavy (non-hydrogen) atoms. The van der Waals surface area contributed by atoms with E-state index in [9.17, 15) is 9.59 Å². The quantitative estimate of drug-likeness (QED) is 0.786. The van der Waals surface area contributed by atoms with E-state index in [2.05, 4.69) is 19.7 Å². The van der Waals surface area contributed by atoms with Crippen LogP contribution in [-0.2, 0) is 11.3 Å². The monoisotopic (exact) mass is 307 g/mol. The zero-order valence-corrected chi connectivity index (χ0v) is 12.0. The maximum absolute atomic E-state index is 12.1. The largest absolute Gasteiger partial charge is 0.299 e. The number of aryl methyl sites for hydroxylation is 1. The molecule has 1 amide bonds. The van der Waals surface area contributed by atoms with Crippen molar-refractivity contribution in [2.75, 3.05) is 5.32 Å². The molecule has 0 aliphatic rings. The maximum Gasteiger partial charge on any atom is 0.262 e. The highest BCUT2D eigenvalue weighted by Crippen LogP contribution is 2.13. The van der Waals surface area contributed by atoms with E-state index in [0.717, 1.165) is 11.5 Å². The minimum Gasteiger partial charge on any atom is -0.299 e. The summed E-state index contributed by atoms with van der Waals surface area (Å²) >= 11 is 2.50. The van der Waals surface area contributed by atoms with E-state index < -0.39 is 0 Å². The molecule has 0 atom stereocenters. The van der Waals surface area contributed by atoms with Crippen molar-refractivity contribution >= 4 is 44.1 Å². The third kappa shape index (κ3) is 2.45. The fourth-order valence-electron chi connectivity index (χ4n) is 1.67. The van der Waals surface area contributed by atoms with E-state index >= 15 is 0 Å². The number of rotatable bonds is 3. The van der Waals surface area contributed by atoms with Gasteiger partial charge in [0.2, 0.25) is 11.0 Å². The van der Waals surface area contributed by atoms with Crippen molar-refractivity contribution < 1.29 is 4.79 Å². The minimum absolute atomic E-state index is 0.101. The van der Waals surface area contributed by atoms with Gasteiger partial charge in [-0.1, -0.05) is 0 Å². The van der Waals surface area contributed by atoms with Crippen molar-refractivity contribution in [1.82, 2.24) is 18.9 Å². The van der Waals surface area contributed by atoms with Crippen molar-refractivity contribution in [2.24, 2.45) is 0 Å². The van der Waals surface area contributed by atoms with Gasteiger partial charge in [0, 0.05) is 11.5 Å². The van der Waals surface area contributed by atoms with E-state index in [0.29, 0.717) is 21.2 Å². The van der Waals surface area contributed by atoms with Crippen LogP contribution < -0.4 is 10.9 Å². The molecule has 0 saturated heterocycles. The van der Waals surface area contributed by atoms with Gasteiger partial charge in [0.1, 0.15) is 17.2 Å². The van der Waals surface area contributed by atoms with Crippen LogP contribution >= 0.6 is 22.9 Å². The molecule has 102 valence electrons. The fourth-order valence-corrected chi connectivity index (χ4v) is 2.98. The Morgan fingerprint density at radius 2 is 2.35 bits per heavy atom. The second-order valence-electron chi connectivity index (χ2n) is 4.01. The molecule has 3 aromatic heterocycles. The lowest BCUT2D eigenvalue weighted by Gasteiger charge is -2.04. The predicted molar refractivity (Wildman–Crippen MR) is 77.2 cm³/mol. The molecular weight excluding hydrogens is 298 g/mol. The summed E-state index contributed by atoms with van der Waals surface area (Å²) in [5, 5.41) is 5.35. The van der Waals surface area contributed by atoms with Crippen LogP contribution in [0.5, 0.6) is 0 Å². The van der Waals surface area contributed by atoms with Crippen LogP contribution in [0.1, 0.15) is 5.82 Å². The maximum atomic E-state index is 12.1. The predicted octanol–water partition coefficient (Wildman–Crippen LogP) is 1.26. The van der Waals surface area contributed by atoms with Gasteiger partial charge in [-0.05, 0) is 18.4 Å². The molecule has 9 heteroatoms. The van der Waals surface area contributed by atoms with Crippen molar-refractivity contribution in [1.29, 1.82) is 0 Å². The average molecular weight is 307 g/mol. The van der Waals surface area contributed by atoms with Crippen LogP contribution in [0, 0.1) is 6.92 Å². The first-order valence-corrected chi connectivity index (χ1v) is 7.31. The molecule has 0 fully saturated rings. The topological polar surface area (TPSA) is 89.8 Å². The Balaban J connectivity index is 1.80. The Morgan fingerprint density at radius 3 is 3.10 bits per heavy atom. The van der Waals surface area contributed by atoms with Gasteiger partial charge in [0.05, 0.1) is 11.7 Å². The lowest BCUT2D eigenvalue weighted by molar-refractivity contribution is -0.116. The van der Waals surface area contributed by atoms with Crippen molar-refractivity contribution in [3.05, 3.63) is 34.0 Å². The molecule has 3 heterocycles. The number of nitrogens with one attached hydrogen (secondary N) is 1. The number of hydrogen-bond acceptors (Lipinski definition) is 7. The molecule has 1 N–H and O–H groups in total. The van der Waals surface area contributed by atoms with Crippen molar-refractivity contribution in [3.63, 3.8) is 0 Å². The van der Waals surface area contributed by atoms with Crippen molar-refractivity contribution in [2.45, 2.75) is 13.5 Å². The third-order valence-corrected chi connectivity index (χ3v) is 4.08.